The Hall–Kier alpha value is -0.0400. The largest absolute Gasteiger partial charge is 0.327 e. The van der Waals surface area contributed by atoms with E-state index in [-0.39, 0.29) is 0 Å². The molecular formula is C18H37N. The third-order valence-electron chi connectivity index (χ3n) is 5.27. The van der Waals surface area contributed by atoms with Gasteiger partial charge in [-0.2, -0.15) is 0 Å². The van der Waals surface area contributed by atoms with Crippen LogP contribution in [0, 0.1) is 11.8 Å². The Kier molecular flexibility index (Phi) is 9.59. The van der Waals surface area contributed by atoms with E-state index in [9.17, 15) is 0 Å². The zero-order valence-corrected chi connectivity index (χ0v) is 13.5. The van der Waals surface area contributed by atoms with E-state index in [1.165, 1.54) is 83.5 Å². The summed E-state index contributed by atoms with van der Waals surface area (Å²) in [6.07, 6.45) is 18.4. The van der Waals surface area contributed by atoms with Crippen molar-refractivity contribution in [1.29, 1.82) is 0 Å². The summed E-state index contributed by atoms with van der Waals surface area (Å²) in [6.45, 7) is 4.78. The molecule has 1 fully saturated rings. The van der Waals surface area contributed by atoms with Crippen molar-refractivity contribution in [3.05, 3.63) is 0 Å². The fraction of sp³-hybridized carbons (Fsp3) is 1.00. The van der Waals surface area contributed by atoms with E-state index in [4.69, 9.17) is 5.73 Å². The number of hydrogen-bond acceptors (Lipinski definition) is 1. The van der Waals surface area contributed by atoms with E-state index in [0.717, 1.165) is 5.92 Å². The van der Waals surface area contributed by atoms with Crippen LogP contribution in [-0.2, 0) is 0 Å². The van der Waals surface area contributed by atoms with E-state index in [0.29, 0.717) is 12.0 Å². The molecule has 0 aromatic heterocycles. The molecule has 1 nitrogen and oxygen atoms in total. The van der Waals surface area contributed by atoms with E-state index in [1.807, 2.05) is 0 Å². The second-order valence-corrected chi connectivity index (χ2v) is 6.97. The molecule has 0 bridgehead atoms. The lowest BCUT2D eigenvalue weighted by atomic mass is 9.83. The standard InChI is InChI=1S/C18H37N/c1-16-14-12-10-8-6-4-3-5-7-9-11-13-15-18(19)17(16)2/h16-18H,3-15,19H2,1-2H3. The predicted octanol–water partition coefficient (Wildman–Crippen LogP) is 5.67. The summed E-state index contributed by atoms with van der Waals surface area (Å²) < 4.78 is 0. The van der Waals surface area contributed by atoms with E-state index >= 15 is 0 Å². The van der Waals surface area contributed by atoms with Gasteiger partial charge in [0.15, 0.2) is 0 Å². The molecule has 1 saturated carbocycles. The van der Waals surface area contributed by atoms with Gasteiger partial charge in [-0.15, -0.1) is 0 Å². The van der Waals surface area contributed by atoms with Crippen molar-refractivity contribution in [2.24, 2.45) is 17.6 Å². The first-order chi connectivity index (χ1) is 9.22. The van der Waals surface area contributed by atoms with Gasteiger partial charge in [0, 0.05) is 6.04 Å². The fourth-order valence-electron chi connectivity index (χ4n) is 3.39. The predicted molar refractivity (Wildman–Crippen MR) is 86.3 cm³/mol. The molecule has 0 amide bonds. The molecule has 0 heterocycles. The van der Waals surface area contributed by atoms with Crippen LogP contribution in [-0.4, -0.2) is 6.04 Å². The lowest BCUT2D eigenvalue weighted by Gasteiger charge is -2.26. The summed E-state index contributed by atoms with van der Waals surface area (Å²) in [4.78, 5) is 0. The Morgan fingerprint density at radius 3 is 1.42 bits per heavy atom. The fourth-order valence-corrected chi connectivity index (χ4v) is 3.39. The summed E-state index contributed by atoms with van der Waals surface area (Å²) >= 11 is 0. The Morgan fingerprint density at radius 2 is 0.947 bits per heavy atom. The zero-order valence-electron chi connectivity index (χ0n) is 13.5. The summed E-state index contributed by atoms with van der Waals surface area (Å²) in [5.41, 5.74) is 6.37. The summed E-state index contributed by atoms with van der Waals surface area (Å²) in [6, 6.07) is 0.433. The Balaban J connectivity index is 2.30. The van der Waals surface area contributed by atoms with Crippen molar-refractivity contribution < 1.29 is 0 Å². The molecule has 0 aromatic rings. The minimum atomic E-state index is 0.433. The first-order valence-corrected chi connectivity index (χ1v) is 8.97. The van der Waals surface area contributed by atoms with Gasteiger partial charge in [0.2, 0.25) is 0 Å². The Bertz CT molecular complexity index is 182. The second kappa shape index (κ2) is 10.7. The maximum Gasteiger partial charge on any atom is 0.00670 e. The van der Waals surface area contributed by atoms with Crippen molar-refractivity contribution in [2.45, 2.75) is 103 Å². The van der Waals surface area contributed by atoms with E-state index in [1.54, 1.807) is 0 Å². The van der Waals surface area contributed by atoms with E-state index in [2.05, 4.69) is 13.8 Å². The lowest BCUT2D eigenvalue weighted by molar-refractivity contribution is 0.285. The molecule has 3 atom stereocenters. The summed E-state index contributed by atoms with van der Waals surface area (Å²) in [5, 5.41) is 0. The van der Waals surface area contributed by atoms with Crippen LogP contribution in [0.3, 0.4) is 0 Å². The van der Waals surface area contributed by atoms with Gasteiger partial charge >= 0.3 is 0 Å². The molecule has 0 saturated heterocycles. The third kappa shape index (κ3) is 7.97. The minimum Gasteiger partial charge on any atom is -0.327 e. The highest BCUT2D eigenvalue weighted by Gasteiger charge is 2.18. The average molecular weight is 268 g/mol. The normalized spacial score (nSPS) is 33.9. The van der Waals surface area contributed by atoms with Crippen LogP contribution in [0.4, 0.5) is 0 Å². The Morgan fingerprint density at radius 1 is 0.579 bits per heavy atom. The molecule has 2 N–H and O–H groups in total. The van der Waals surface area contributed by atoms with Crippen molar-refractivity contribution >= 4 is 0 Å². The van der Waals surface area contributed by atoms with Crippen LogP contribution >= 0.6 is 0 Å². The number of hydrogen-bond donors (Lipinski definition) is 1. The molecule has 19 heavy (non-hydrogen) atoms. The smallest absolute Gasteiger partial charge is 0.00670 e. The SMILES string of the molecule is CC1CCCCCCCCCCCCCC(N)C1C. The van der Waals surface area contributed by atoms with Gasteiger partial charge in [0.1, 0.15) is 0 Å². The molecule has 0 aromatic carbocycles. The molecule has 0 spiro atoms. The minimum absolute atomic E-state index is 0.433. The third-order valence-corrected chi connectivity index (χ3v) is 5.27. The van der Waals surface area contributed by atoms with Gasteiger partial charge in [-0.05, 0) is 18.3 Å². The Labute approximate surface area is 121 Å². The van der Waals surface area contributed by atoms with Gasteiger partial charge in [0.25, 0.3) is 0 Å². The average Bonchev–Trinajstić information content (AvgIpc) is 2.41. The molecular weight excluding hydrogens is 230 g/mol. The van der Waals surface area contributed by atoms with Crippen LogP contribution in [0.15, 0.2) is 0 Å². The monoisotopic (exact) mass is 267 g/mol. The highest BCUT2D eigenvalue weighted by Crippen LogP contribution is 2.24. The van der Waals surface area contributed by atoms with Gasteiger partial charge in [0.05, 0.1) is 0 Å². The van der Waals surface area contributed by atoms with Crippen LogP contribution in [0.5, 0.6) is 0 Å². The quantitative estimate of drug-likeness (QED) is 0.601. The summed E-state index contributed by atoms with van der Waals surface area (Å²) in [5.74, 6) is 1.51. The second-order valence-electron chi connectivity index (χ2n) is 6.97. The summed E-state index contributed by atoms with van der Waals surface area (Å²) in [7, 11) is 0. The van der Waals surface area contributed by atoms with Crippen molar-refractivity contribution in [1.82, 2.24) is 0 Å². The van der Waals surface area contributed by atoms with E-state index < -0.39 is 0 Å². The highest BCUT2D eigenvalue weighted by molar-refractivity contribution is 4.74. The topological polar surface area (TPSA) is 26.0 Å². The molecule has 0 aliphatic heterocycles. The maximum atomic E-state index is 6.37. The molecule has 1 heteroatoms. The van der Waals surface area contributed by atoms with Crippen LogP contribution in [0.2, 0.25) is 0 Å². The van der Waals surface area contributed by atoms with Crippen LogP contribution < -0.4 is 5.73 Å². The first kappa shape index (κ1) is 17.0. The lowest BCUT2D eigenvalue weighted by Crippen LogP contribution is -2.32. The van der Waals surface area contributed by atoms with Gasteiger partial charge in [-0.25, -0.2) is 0 Å². The maximum absolute atomic E-state index is 6.37. The van der Waals surface area contributed by atoms with Gasteiger partial charge < -0.3 is 5.73 Å². The highest BCUT2D eigenvalue weighted by atomic mass is 14.6. The number of rotatable bonds is 0. The first-order valence-electron chi connectivity index (χ1n) is 8.97. The molecule has 3 unspecified atom stereocenters. The van der Waals surface area contributed by atoms with Crippen LogP contribution in [0.1, 0.15) is 97.3 Å². The van der Waals surface area contributed by atoms with Gasteiger partial charge in [-0.1, -0.05) is 90.9 Å². The van der Waals surface area contributed by atoms with Crippen molar-refractivity contribution in [2.75, 3.05) is 0 Å². The van der Waals surface area contributed by atoms with Gasteiger partial charge in [-0.3, -0.25) is 0 Å². The number of nitrogens with two attached hydrogens (primary N) is 1. The van der Waals surface area contributed by atoms with Crippen molar-refractivity contribution in [3.63, 3.8) is 0 Å². The van der Waals surface area contributed by atoms with Crippen molar-refractivity contribution in [3.8, 4) is 0 Å². The van der Waals surface area contributed by atoms with Crippen LogP contribution in [0.25, 0.3) is 0 Å². The molecule has 1 aliphatic carbocycles. The molecule has 1 rings (SSSR count). The zero-order chi connectivity index (χ0) is 13.9. The molecule has 0 radical (unpaired) electrons. The molecule has 114 valence electrons. The molecule has 1 aliphatic rings.